The van der Waals surface area contributed by atoms with Crippen molar-refractivity contribution in [1.82, 2.24) is 15.3 Å². The van der Waals surface area contributed by atoms with Crippen LogP contribution < -0.4 is 0 Å². The highest BCUT2D eigenvalue weighted by molar-refractivity contribution is 5.45. The fourth-order valence-electron chi connectivity index (χ4n) is 1.05. The Balaban J connectivity index is 2.21. The molecule has 0 aliphatic heterocycles. The molecule has 0 saturated heterocycles. The summed E-state index contributed by atoms with van der Waals surface area (Å²) in [6, 6.07) is 1.64. The van der Waals surface area contributed by atoms with E-state index in [4.69, 9.17) is 18.9 Å². The minimum Gasteiger partial charge on any atom is -0.388 e. The van der Waals surface area contributed by atoms with Crippen LogP contribution in [0.3, 0.4) is 0 Å². The second-order valence-corrected chi connectivity index (χ2v) is 2.79. The van der Waals surface area contributed by atoms with Crippen molar-refractivity contribution >= 4 is 0 Å². The van der Waals surface area contributed by atoms with Crippen molar-refractivity contribution in [2.24, 2.45) is 0 Å². The van der Waals surface area contributed by atoms with E-state index in [0.717, 1.165) is 0 Å². The third-order valence-corrected chi connectivity index (χ3v) is 1.67. The van der Waals surface area contributed by atoms with E-state index in [9.17, 15) is 0 Å². The van der Waals surface area contributed by atoms with Crippen LogP contribution in [0.2, 0.25) is 0 Å². The molecule has 7 nitrogen and oxygen atoms in total. The van der Waals surface area contributed by atoms with Gasteiger partial charge in [0.05, 0.1) is 0 Å². The summed E-state index contributed by atoms with van der Waals surface area (Å²) < 4.78 is 14.6. The highest BCUT2D eigenvalue weighted by atomic mass is 16.5. The molecule has 0 aliphatic carbocycles. The van der Waals surface area contributed by atoms with Crippen molar-refractivity contribution in [3.63, 3.8) is 0 Å². The first kappa shape index (κ1) is 9.81. The molecule has 2 aromatic rings. The molecule has 0 spiro atoms. The lowest BCUT2D eigenvalue weighted by molar-refractivity contribution is 0.156. The largest absolute Gasteiger partial charge is 0.388 e. The van der Waals surface area contributed by atoms with Crippen LogP contribution in [0.15, 0.2) is 15.1 Å². The average molecular weight is 211 g/mol. The van der Waals surface area contributed by atoms with Gasteiger partial charge in [-0.15, -0.1) is 0 Å². The lowest BCUT2D eigenvalue weighted by atomic mass is 10.4. The van der Waals surface area contributed by atoms with Crippen molar-refractivity contribution in [1.29, 1.82) is 0 Å². The van der Waals surface area contributed by atoms with Gasteiger partial charge >= 0.3 is 0 Å². The van der Waals surface area contributed by atoms with E-state index in [0.29, 0.717) is 18.1 Å². The number of rotatable bonds is 4. The van der Waals surface area contributed by atoms with E-state index in [1.165, 1.54) is 0 Å². The van der Waals surface area contributed by atoms with Gasteiger partial charge in [-0.2, -0.15) is 4.98 Å². The molecule has 80 valence electrons. The van der Waals surface area contributed by atoms with Crippen molar-refractivity contribution < 1.29 is 18.9 Å². The first-order valence-electron chi connectivity index (χ1n) is 4.22. The average Bonchev–Trinajstić information content (AvgIpc) is 2.85. The maximum Gasteiger partial charge on any atom is 0.280 e. The SMILES string of the molecule is COCc1cc(-c2nc(CO)no2)no1. The molecular formula is C8H9N3O4. The molecule has 15 heavy (non-hydrogen) atoms. The fraction of sp³-hybridized carbons (Fsp3) is 0.375. The van der Waals surface area contributed by atoms with E-state index in [1.54, 1.807) is 13.2 Å². The maximum atomic E-state index is 8.74. The molecule has 2 aromatic heterocycles. The van der Waals surface area contributed by atoms with Gasteiger partial charge in [0.15, 0.2) is 17.3 Å². The van der Waals surface area contributed by atoms with Gasteiger partial charge in [-0.25, -0.2) is 0 Å². The predicted molar refractivity (Wildman–Crippen MR) is 46.4 cm³/mol. The summed E-state index contributed by atoms with van der Waals surface area (Å²) in [6.45, 7) is 0.0558. The first-order valence-corrected chi connectivity index (χ1v) is 4.22. The first-order chi connectivity index (χ1) is 7.33. The Kier molecular flexibility index (Phi) is 2.75. The summed E-state index contributed by atoms with van der Waals surface area (Å²) in [6.07, 6.45) is 0. The number of hydrogen-bond donors (Lipinski definition) is 1. The van der Waals surface area contributed by atoms with E-state index in [2.05, 4.69) is 15.3 Å². The predicted octanol–water partition coefficient (Wildman–Crippen LogP) is 0.363. The molecule has 0 unspecified atom stereocenters. The number of methoxy groups -OCH3 is 1. The van der Waals surface area contributed by atoms with Gasteiger partial charge in [0, 0.05) is 13.2 Å². The van der Waals surface area contributed by atoms with Crippen molar-refractivity contribution in [3.05, 3.63) is 17.7 Å². The molecule has 1 N–H and O–H groups in total. The smallest absolute Gasteiger partial charge is 0.280 e. The quantitative estimate of drug-likeness (QED) is 0.780. The molecule has 0 radical (unpaired) electrons. The molecule has 2 heterocycles. The van der Waals surface area contributed by atoms with Gasteiger partial charge in [0.1, 0.15) is 13.2 Å². The van der Waals surface area contributed by atoms with E-state index < -0.39 is 0 Å². The molecule has 0 aromatic carbocycles. The number of aliphatic hydroxyl groups is 1. The summed E-state index contributed by atoms with van der Waals surface area (Å²) in [4.78, 5) is 3.88. The zero-order valence-electron chi connectivity index (χ0n) is 8.01. The van der Waals surface area contributed by atoms with Gasteiger partial charge in [-0.3, -0.25) is 0 Å². The molecule has 0 fully saturated rings. The maximum absolute atomic E-state index is 8.74. The fourth-order valence-corrected chi connectivity index (χ4v) is 1.05. The van der Waals surface area contributed by atoms with Gasteiger partial charge in [0.25, 0.3) is 5.89 Å². The lowest BCUT2D eigenvalue weighted by Gasteiger charge is -1.87. The number of ether oxygens (including phenoxy) is 1. The Morgan fingerprint density at radius 3 is 2.93 bits per heavy atom. The van der Waals surface area contributed by atoms with Crippen LogP contribution in [-0.4, -0.2) is 27.5 Å². The van der Waals surface area contributed by atoms with Crippen LogP contribution in [-0.2, 0) is 18.0 Å². The molecule has 0 amide bonds. The molecule has 0 saturated carbocycles. The third kappa shape index (κ3) is 2.03. The molecule has 7 heteroatoms. The lowest BCUT2D eigenvalue weighted by Crippen LogP contribution is -1.84. The van der Waals surface area contributed by atoms with Crippen LogP contribution in [0.25, 0.3) is 11.6 Å². The summed E-state index contributed by atoms with van der Waals surface area (Å²) >= 11 is 0. The normalized spacial score (nSPS) is 10.8. The minimum absolute atomic E-state index is 0.210. The van der Waals surface area contributed by atoms with Crippen LogP contribution in [0.1, 0.15) is 11.6 Å². The summed E-state index contributed by atoms with van der Waals surface area (Å²) in [5, 5.41) is 16.0. The van der Waals surface area contributed by atoms with Crippen molar-refractivity contribution in [3.8, 4) is 11.6 Å². The standard InChI is InChI=1S/C8H9N3O4/c1-13-4-5-2-6(10-14-5)8-9-7(3-12)11-15-8/h2,12H,3-4H2,1H3. The number of aromatic nitrogens is 3. The highest BCUT2D eigenvalue weighted by Gasteiger charge is 2.13. The third-order valence-electron chi connectivity index (χ3n) is 1.67. The monoisotopic (exact) mass is 211 g/mol. The number of nitrogens with zero attached hydrogens (tertiary/aromatic N) is 3. The van der Waals surface area contributed by atoms with Crippen molar-refractivity contribution in [2.45, 2.75) is 13.2 Å². The molecule has 0 aliphatic rings. The van der Waals surface area contributed by atoms with Gasteiger partial charge in [-0.05, 0) is 0 Å². The number of aliphatic hydroxyl groups excluding tert-OH is 1. The zero-order chi connectivity index (χ0) is 10.7. The van der Waals surface area contributed by atoms with E-state index >= 15 is 0 Å². The van der Waals surface area contributed by atoms with Crippen LogP contribution in [0.5, 0.6) is 0 Å². The summed E-state index contributed by atoms with van der Waals surface area (Å²) in [5.74, 6) is 0.989. The topological polar surface area (TPSA) is 94.4 Å². The molecular weight excluding hydrogens is 202 g/mol. The minimum atomic E-state index is -0.272. The van der Waals surface area contributed by atoms with Gasteiger partial charge < -0.3 is 18.9 Å². The zero-order valence-corrected chi connectivity index (χ0v) is 8.01. The van der Waals surface area contributed by atoms with Gasteiger partial charge in [-0.1, -0.05) is 10.3 Å². The Hall–Kier alpha value is -1.73. The highest BCUT2D eigenvalue weighted by Crippen LogP contribution is 2.17. The number of hydrogen-bond acceptors (Lipinski definition) is 7. The van der Waals surface area contributed by atoms with Crippen molar-refractivity contribution in [2.75, 3.05) is 7.11 Å². The van der Waals surface area contributed by atoms with Crippen LogP contribution in [0, 0.1) is 0 Å². The summed E-state index contributed by atoms with van der Waals surface area (Å²) in [5.41, 5.74) is 0.425. The Morgan fingerprint density at radius 2 is 2.27 bits per heavy atom. The Morgan fingerprint density at radius 1 is 1.40 bits per heavy atom. The molecule has 0 bridgehead atoms. The van der Waals surface area contributed by atoms with E-state index in [-0.39, 0.29) is 18.3 Å². The second kappa shape index (κ2) is 4.20. The Bertz CT molecular complexity index is 437. The van der Waals surface area contributed by atoms with Gasteiger partial charge in [0.2, 0.25) is 0 Å². The summed E-state index contributed by atoms with van der Waals surface area (Å²) in [7, 11) is 1.55. The Labute approximate surface area is 84.6 Å². The van der Waals surface area contributed by atoms with Crippen LogP contribution in [0.4, 0.5) is 0 Å². The molecule has 0 atom stereocenters. The van der Waals surface area contributed by atoms with E-state index in [1.807, 2.05) is 0 Å². The molecule has 2 rings (SSSR count). The second-order valence-electron chi connectivity index (χ2n) is 2.79. The van der Waals surface area contributed by atoms with Crippen LogP contribution >= 0.6 is 0 Å².